The second-order valence-electron chi connectivity index (χ2n) is 4.85. The van der Waals surface area contributed by atoms with Crippen molar-refractivity contribution < 1.29 is 23.4 Å². The molecular formula is C14H17F2NO3. The molecule has 20 heavy (non-hydrogen) atoms. The van der Waals surface area contributed by atoms with Crippen molar-refractivity contribution in [2.24, 2.45) is 5.92 Å². The average molecular weight is 285 g/mol. The highest BCUT2D eigenvalue weighted by Crippen LogP contribution is 2.22. The molecule has 1 aliphatic heterocycles. The van der Waals surface area contributed by atoms with E-state index in [1.54, 1.807) is 0 Å². The normalized spacial score (nSPS) is 22.4. The first kappa shape index (κ1) is 14.9. The highest BCUT2D eigenvalue weighted by molar-refractivity contribution is 5.71. The molecule has 0 spiro atoms. The monoisotopic (exact) mass is 285 g/mol. The molecular weight excluding hydrogens is 268 g/mol. The summed E-state index contributed by atoms with van der Waals surface area (Å²) in [6.07, 6.45) is 0. The molecule has 2 unspecified atom stereocenters. The third-order valence-electron chi connectivity index (χ3n) is 3.63. The second kappa shape index (κ2) is 6.28. The maximum atomic E-state index is 13.7. The quantitative estimate of drug-likeness (QED) is 0.897. The first-order valence-corrected chi connectivity index (χ1v) is 6.51. The lowest BCUT2D eigenvalue weighted by Gasteiger charge is -2.29. The number of hydrogen-bond acceptors (Lipinski definition) is 3. The van der Waals surface area contributed by atoms with Gasteiger partial charge in [0.25, 0.3) is 0 Å². The van der Waals surface area contributed by atoms with Gasteiger partial charge < -0.3 is 9.84 Å². The highest BCUT2D eigenvalue weighted by Gasteiger charge is 2.37. The van der Waals surface area contributed by atoms with Crippen LogP contribution in [0.15, 0.2) is 18.2 Å². The van der Waals surface area contributed by atoms with Gasteiger partial charge in [-0.1, -0.05) is 13.0 Å². The molecule has 1 heterocycles. The third-order valence-corrected chi connectivity index (χ3v) is 3.63. The molecule has 1 saturated heterocycles. The van der Waals surface area contributed by atoms with Crippen molar-refractivity contribution in [1.82, 2.24) is 4.90 Å². The number of carbonyl (C=O) groups is 1. The highest BCUT2D eigenvalue weighted by atomic mass is 19.1. The molecule has 1 aromatic carbocycles. The molecule has 1 aromatic rings. The van der Waals surface area contributed by atoms with Crippen LogP contribution in [-0.2, 0) is 16.1 Å². The van der Waals surface area contributed by atoms with Gasteiger partial charge in [0.2, 0.25) is 0 Å². The first-order valence-electron chi connectivity index (χ1n) is 6.51. The smallest absolute Gasteiger partial charge is 0.310 e. The zero-order chi connectivity index (χ0) is 14.7. The number of carboxylic acid groups (broad SMARTS) is 1. The summed E-state index contributed by atoms with van der Waals surface area (Å²) in [7, 11) is 0. The van der Waals surface area contributed by atoms with Crippen molar-refractivity contribution in [3.05, 3.63) is 35.4 Å². The fourth-order valence-electron chi connectivity index (χ4n) is 2.47. The van der Waals surface area contributed by atoms with Gasteiger partial charge in [-0.25, -0.2) is 8.78 Å². The Hall–Kier alpha value is -1.53. The van der Waals surface area contributed by atoms with Crippen LogP contribution in [0.2, 0.25) is 0 Å². The number of halogens is 2. The Morgan fingerprint density at radius 2 is 2.20 bits per heavy atom. The van der Waals surface area contributed by atoms with E-state index in [1.165, 1.54) is 12.1 Å². The van der Waals surface area contributed by atoms with Gasteiger partial charge >= 0.3 is 5.97 Å². The van der Waals surface area contributed by atoms with Gasteiger partial charge in [-0.3, -0.25) is 9.69 Å². The van der Waals surface area contributed by atoms with Crippen molar-refractivity contribution in [2.45, 2.75) is 19.5 Å². The van der Waals surface area contributed by atoms with E-state index >= 15 is 0 Å². The molecule has 2 rings (SSSR count). The molecule has 0 bridgehead atoms. The topological polar surface area (TPSA) is 49.8 Å². The van der Waals surface area contributed by atoms with Gasteiger partial charge in [-0.05, 0) is 12.6 Å². The predicted molar refractivity (Wildman–Crippen MR) is 68.2 cm³/mol. The average Bonchev–Trinajstić information content (AvgIpc) is 2.87. The number of hydrogen-bond donors (Lipinski definition) is 1. The summed E-state index contributed by atoms with van der Waals surface area (Å²) in [6, 6.07) is 3.13. The van der Waals surface area contributed by atoms with Crippen LogP contribution in [-0.4, -0.2) is 41.8 Å². The van der Waals surface area contributed by atoms with Gasteiger partial charge in [0.1, 0.15) is 11.6 Å². The molecule has 0 amide bonds. The molecule has 2 atom stereocenters. The Balaban J connectivity index is 2.14. The van der Waals surface area contributed by atoms with E-state index in [9.17, 15) is 13.6 Å². The maximum Gasteiger partial charge on any atom is 0.310 e. The molecule has 1 aliphatic rings. The molecule has 110 valence electrons. The molecule has 0 saturated carbocycles. The van der Waals surface area contributed by atoms with E-state index in [-0.39, 0.29) is 19.2 Å². The third kappa shape index (κ3) is 3.13. The lowest BCUT2D eigenvalue weighted by molar-refractivity contribution is -0.143. The van der Waals surface area contributed by atoms with Gasteiger partial charge in [-0.15, -0.1) is 0 Å². The maximum absolute atomic E-state index is 13.7. The van der Waals surface area contributed by atoms with Crippen LogP contribution >= 0.6 is 0 Å². The largest absolute Gasteiger partial charge is 0.481 e. The van der Waals surface area contributed by atoms with Crippen molar-refractivity contribution in [3.63, 3.8) is 0 Å². The summed E-state index contributed by atoms with van der Waals surface area (Å²) in [5.74, 6) is -2.76. The van der Waals surface area contributed by atoms with Crippen molar-refractivity contribution in [1.29, 1.82) is 0 Å². The van der Waals surface area contributed by atoms with Crippen molar-refractivity contribution in [2.75, 3.05) is 19.8 Å². The molecule has 4 nitrogen and oxygen atoms in total. The fourth-order valence-corrected chi connectivity index (χ4v) is 2.47. The van der Waals surface area contributed by atoms with Gasteiger partial charge in [0, 0.05) is 24.2 Å². The number of benzene rings is 1. The lowest BCUT2D eigenvalue weighted by Crippen LogP contribution is -2.42. The number of nitrogens with zero attached hydrogens (tertiary/aromatic N) is 1. The standard InChI is InChI=1S/C14H17F2NO3/c1-2-17(13-8-20-7-11(13)14(18)19)6-9-3-4-10(15)5-12(9)16/h3-5,11,13H,2,6-8H2,1H3,(H,18,19). The molecule has 0 aromatic heterocycles. The first-order chi connectivity index (χ1) is 9.52. The summed E-state index contributed by atoms with van der Waals surface area (Å²) < 4.78 is 31.8. The zero-order valence-corrected chi connectivity index (χ0v) is 11.2. The molecule has 0 aliphatic carbocycles. The van der Waals surface area contributed by atoms with Crippen LogP contribution in [0.1, 0.15) is 12.5 Å². The number of ether oxygens (including phenoxy) is 1. The lowest BCUT2D eigenvalue weighted by atomic mass is 10.0. The Labute approximate surface area is 116 Å². The Kier molecular flexibility index (Phi) is 4.67. The van der Waals surface area contributed by atoms with Crippen molar-refractivity contribution in [3.8, 4) is 0 Å². The van der Waals surface area contributed by atoms with E-state index in [0.29, 0.717) is 18.7 Å². The zero-order valence-electron chi connectivity index (χ0n) is 11.2. The van der Waals surface area contributed by atoms with E-state index in [1.807, 2.05) is 11.8 Å². The molecule has 1 N–H and O–H groups in total. The van der Waals surface area contributed by atoms with E-state index in [0.717, 1.165) is 6.07 Å². The molecule has 6 heteroatoms. The minimum absolute atomic E-state index is 0.169. The SMILES string of the molecule is CCN(Cc1ccc(F)cc1F)C1COCC1C(=O)O. The van der Waals surface area contributed by atoms with E-state index < -0.39 is 23.5 Å². The minimum atomic E-state index is -0.912. The molecule has 1 fully saturated rings. The Bertz CT molecular complexity index is 495. The number of rotatable bonds is 5. The van der Waals surface area contributed by atoms with Crippen LogP contribution in [0.4, 0.5) is 8.78 Å². The minimum Gasteiger partial charge on any atom is -0.481 e. The summed E-state index contributed by atoms with van der Waals surface area (Å²) in [5.41, 5.74) is 0.351. The van der Waals surface area contributed by atoms with E-state index in [2.05, 4.69) is 0 Å². The molecule has 0 radical (unpaired) electrons. The van der Waals surface area contributed by atoms with Crippen LogP contribution in [0.3, 0.4) is 0 Å². The van der Waals surface area contributed by atoms with Crippen LogP contribution in [0.25, 0.3) is 0 Å². The number of carboxylic acids is 1. The van der Waals surface area contributed by atoms with Gasteiger partial charge in [0.15, 0.2) is 0 Å². The summed E-state index contributed by atoms with van der Waals surface area (Å²) in [6.45, 7) is 3.16. The summed E-state index contributed by atoms with van der Waals surface area (Å²) >= 11 is 0. The van der Waals surface area contributed by atoms with Crippen LogP contribution in [0, 0.1) is 17.6 Å². The number of likely N-dealkylation sites (N-methyl/N-ethyl adjacent to an activating group) is 1. The summed E-state index contributed by atoms with van der Waals surface area (Å²) in [5, 5.41) is 9.15. The Morgan fingerprint density at radius 3 is 2.80 bits per heavy atom. The van der Waals surface area contributed by atoms with Gasteiger partial charge in [-0.2, -0.15) is 0 Å². The predicted octanol–water partition coefficient (Wildman–Crippen LogP) is 1.89. The Morgan fingerprint density at radius 1 is 1.45 bits per heavy atom. The summed E-state index contributed by atoms with van der Waals surface area (Å²) in [4.78, 5) is 13.0. The van der Waals surface area contributed by atoms with Crippen molar-refractivity contribution >= 4 is 5.97 Å². The van der Waals surface area contributed by atoms with Gasteiger partial charge in [0.05, 0.1) is 19.1 Å². The second-order valence-corrected chi connectivity index (χ2v) is 4.85. The fraction of sp³-hybridized carbons (Fsp3) is 0.500. The van der Waals surface area contributed by atoms with E-state index in [4.69, 9.17) is 9.84 Å². The number of aliphatic carboxylic acids is 1. The van der Waals surface area contributed by atoms with Crippen LogP contribution < -0.4 is 0 Å². The van der Waals surface area contributed by atoms with Crippen LogP contribution in [0.5, 0.6) is 0 Å².